The summed E-state index contributed by atoms with van der Waals surface area (Å²) in [6.45, 7) is 4.87. The van der Waals surface area contributed by atoms with Gasteiger partial charge >= 0.3 is 12.0 Å². The zero-order chi connectivity index (χ0) is 15.7. The highest BCUT2D eigenvalue weighted by Crippen LogP contribution is 2.15. The van der Waals surface area contributed by atoms with E-state index in [0.29, 0.717) is 18.2 Å². The molecule has 0 aliphatic carbocycles. The van der Waals surface area contributed by atoms with E-state index in [-0.39, 0.29) is 11.6 Å². The number of urea groups is 1. The average Bonchev–Trinajstić information content (AvgIpc) is 2.47. The van der Waals surface area contributed by atoms with Crippen LogP contribution in [0.3, 0.4) is 0 Å². The highest BCUT2D eigenvalue weighted by Gasteiger charge is 2.12. The zero-order valence-electron chi connectivity index (χ0n) is 12.7. The van der Waals surface area contributed by atoms with Crippen LogP contribution >= 0.6 is 0 Å². The molecule has 0 fully saturated rings. The normalized spacial score (nSPS) is 11.7. The van der Waals surface area contributed by atoms with Gasteiger partial charge in [0.2, 0.25) is 0 Å². The van der Waals surface area contributed by atoms with E-state index in [2.05, 4.69) is 24.5 Å². The second-order valence-electron chi connectivity index (χ2n) is 5.10. The van der Waals surface area contributed by atoms with E-state index in [4.69, 9.17) is 5.11 Å². The number of rotatable bonds is 8. The molecular formula is C16H24N2O3. The molecule has 0 bridgehead atoms. The predicted octanol–water partition coefficient (Wildman–Crippen LogP) is 3.72. The highest BCUT2D eigenvalue weighted by atomic mass is 16.4. The Balaban J connectivity index is 2.52. The lowest BCUT2D eigenvalue weighted by atomic mass is 9.99. The van der Waals surface area contributed by atoms with Crippen molar-refractivity contribution in [1.82, 2.24) is 5.32 Å². The highest BCUT2D eigenvalue weighted by molar-refractivity contribution is 5.99. The summed E-state index contributed by atoms with van der Waals surface area (Å²) in [6.07, 6.45) is 4.42. The Bertz CT molecular complexity index is 474. The molecule has 5 nitrogen and oxygen atoms in total. The van der Waals surface area contributed by atoms with Gasteiger partial charge in [0.25, 0.3) is 0 Å². The standard InChI is InChI=1S/C16H24N2O3/c1-3-5-8-12(4-2)11-17-16(21)18-14-10-7-6-9-13(14)15(19)20/h6-7,9-10,12H,3-5,8,11H2,1-2H3,(H,19,20)(H2,17,18,21). The lowest BCUT2D eigenvalue weighted by molar-refractivity contribution is 0.0698. The van der Waals surface area contributed by atoms with Crippen molar-refractivity contribution in [3.05, 3.63) is 29.8 Å². The number of carboxylic acids is 1. The molecule has 0 spiro atoms. The van der Waals surface area contributed by atoms with Gasteiger partial charge in [0.15, 0.2) is 0 Å². The molecule has 1 aromatic rings. The summed E-state index contributed by atoms with van der Waals surface area (Å²) in [5, 5.41) is 14.5. The average molecular weight is 292 g/mol. The van der Waals surface area contributed by atoms with Crippen LogP contribution in [-0.4, -0.2) is 23.7 Å². The molecule has 3 N–H and O–H groups in total. The Morgan fingerprint density at radius 3 is 2.57 bits per heavy atom. The lowest BCUT2D eigenvalue weighted by Crippen LogP contribution is -2.33. The van der Waals surface area contributed by atoms with E-state index in [1.165, 1.54) is 6.07 Å². The SMILES string of the molecule is CCCCC(CC)CNC(=O)Nc1ccccc1C(=O)O. The van der Waals surface area contributed by atoms with Crippen molar-refractivity contribution in [2.45, 2.75) is 39.5 Å². The van der Waals surface area contributed by atoms with Crippen molar-refractivity contribution >= 4 is 17.7 Å². The molecule has 116 valence electrons. The van der Waals surface area contributed by atoms with Crippen molar-refractivity contribution in [3.8, 4) is 0 Å². The van der Waals surface area contributed by atoms with Crippen LogP contribution in [0.5, 0.6) is 0 Å². The summed E-state index contributed by atoms with van der Waals surface area (Å²) >= 11 is 0. The van der Waals surface area contributed by atoms with E-state index in [9.17, 15) is 9.59 Å². The summed E-state index contributed by atoms with van der Waals surface area (Å²) in [5.41, 5.74) is 0.398. The molecule has 1 aromatic carbocycles. The second-order valence-corrected chi connectivity index (χ2v) is 5.10. The minimum atomic E-state index is -1.06. The fourth-order valence-electron chi connectivity index (χ4n) is 2.13. The number of amides is 2. The number of carbonyl (C=O) groups excluding carboxylic acids is 1. The van der Waals surface area contributed by atoms with Gasteiger partial charge in [-0.2, -0.15) is 0 Å². The zero-order valence-corrected chi connectivity index (χ0v) is 12.7. The fraction of sp³-hybridized carbons (Fsp3) is 0.500. The predicted molar refractivity (Wildman–Crippen MR) is 83.7 cm³/mol. The summed E-state index contributed by atoms with van der Waals surface area (Å²) in [6, 6.07) is 6.01. The number of hydrogen-bond acceptors (Lipinski definition) is 2. The summed E-state index contributed by atoms with van der Waals surface area (Å²) in [5.74, 6) is -0.592. The Kier molecular flexibility index (Phi) is 7.29. The van der Waals surface area contributed by atoms with Gasteiger partial charge in [0.05, 0.1) is 11.3 Å². The van der Waals surface area contributed by atoms with E-state index in [1.807, 2.05) is 0 Å². The first-order valence-electron chi connectivity index (χ1n) is 7.45. The number of carboxylic acid groups (broad SMARTS) is 1. The second kappa shape index (κ2) is 9.00. The molecule has 2 amide bonds. The summed E-state index contributed by atoms with van der Waals surface area (Å²) < 4.78 is 0. The number of benzene rings is 1. The van der Waals surface area contributed by atoms with Gasteiger partial charge < -0.3 is 15.7 Å². The van der Waals surface area contributed by atoms with E-state index in [1.54, 1.807) is 18.2 Å². The molecule has 0 saturated heterocycles. The van der Waals surface area contributed by atoms with E-state index < -0.39 is 5.97 Å². The number of para-hydroxylation sites is 1. The number of aromatic carboxylic acids is 1. The molecule has 1 atom stereocenters. The Morgan fingerprint density at radius 1 is 1.24 bits per heavy atom. The fourth-order valence-corrected chi connectivity index (χ4v) is 2.13. The summed E-state index contributed by atoms with van der Waals surface area (Å²) in [7, 11) is 0. The number of unbranched alkanes of at least 4 members (excludes halogenated alkanes) is 1. The number of carbonyl (C=O) groups is 2. The molecule has 1 unspecified atom stereocenters. The van der Waals surface area contributed by atoms with Gasteiger partial charge in [0, 0.05) is 6.54 Å². The Hall–Kier alpha value is -2.04. The van der Waals surface area contributed by atoms with Gasteiger partial charge in [-0.25, -0.2) is 9.59 Å². The Labute approximate surface area is 125 Å². The molecule has 0 radical (unpaired) electrons. The quantitative estimate of drug-likeness (QED) is 0.683. The maximum atomic E-state index is 11.9. The molecule has 0 aliphatic heterocycles. The minimum Gasteiger partial charge on any atom is -0.478 e. The van der Waals surface area contributed by atoms with Gasteiger partial charge in [-0.1, -0.05) is 45.2 Å². The first-order chi connectivity index (χ1) is 10.1. The lowest BCUT2D eigenvalue weighted by Gasteiger charge is -2.16. The van der Waals surface area contributed by atoms with Crippen molar-refractivity contribution in [2.75, 3.05) is 11.9 Å². The number of nitrogens with one attached hydrogen (secondary N) is 2. The monoisotopic (exact) mass is 292 g/mol. The van der Waals surface area contributed by atoms with Crippen molar-refractivity contribution < 1.29 is 14.7 Å². The van der Waals surface area contributed by atoms with Crippen LogP contribution in [-0.2, 0) is 0 Å². The van der Waals surface area contributed by atoms with Gasteiger partial charge in [-0.3, -0.25) is 0 Å². The van der Waals surface area contributed by atoms with E-state index in [0.717, 1.165) is 25.7 Å². The van der Waals surface area contributed by atoms with Crippen LogP contribution in [0.15, 0.2) is 24.3 Å². The van der Waals surface area contributed by atoms with Crippen LogP contribution in [0.2, 0.25) is 0 Å². The largest absolute Gasteiger partial charge is 0.478 e. The third-order valence-corrected chi connectivity index (χ3v) is 3.50. The topological polar surface area (TPSA) is 78.4 Å². The maximum absolute atomic E-state index is 11.9. The Morgan fingerprint density at radius 2 is 1.95 bits per heavy atom. The van der Waals surface area contributed by atoms with Crippen molar-refractivity contribution in [3.63, 3.8) is 0 Å². The smallest absolute Gasteiger partial charge is 0.337 e. The van der Waals surface area contributed by atoms with Crippen LogP contribution in [0.1, 0.15) is 49.9 Å². The number of hydrogen-bond donors (Lipinski definition) is 3. The molecule has 0 saturated carbocycles. The van der Waals surface area contributed by atoms with Crippen molar-refractivity contribution in [1.29, 1.82) is 0 Å². The third kappa shape index (κ3) is 5.85. The van der Waals surface area contributed by atoms with Crippen LogP contribution in [0.25, 0.3) is 0 Å². The molecule has 0 aliphatic rings. The maximum Gasteiger partial charge on any atom is 0.337 e. The van der Waals surface area contributed by atoms with Crippen LogP contribution in [0.4, 0.5) is 10.5 Å². The van der Waals surface area contributed by atoms with Gasteiger partial charge in [-0.15, -0.1) is 0 Å². The first kappa shape index (κ1) is 17.0. The number of anilines is 1. The van der Waals surface area contributed by atoms with Gasteiger partial charge in [-0.05, 0) is 24.5 Å². The third-order valence-electron chi connectivity index (χ3n) is 3.50. The van der Waals surface area contributed by atoms with Crippen LogP contribution < -0.4 is 10.6 Å². The minimum absolute atomic E-state index is 0.0886. The first-order valence-corrected chi connectivity index (χ1v) is 7.45. The summed E-state index contributed by atoms with van der Waals surface area (Å²) in [4.78, 5) is 22.9. The molecule has 1 rings (SSSR count). The molecule has 21 heavy (non-hydrogen) atoms. The molecule has 5 heteroatoms. The molecule has 0 heterocycles. The van der Waals surface area contributed by atoms with Crippen LogP contribution in [0, 0.1) is 5.92 Å². The van der Waals surface area contributed by atoms with E-state index >= 15 is 0 Å². The molecule has 0 aromatic heterocycles. The molecular weight excluding hydrogens is 268 g/mol. The van der Waals surface area contributed by atoms with Gasteiger partial charge in [0.1, 0.15) is 0 Å². The van der Waals surface area contributed by atoms with Crippen molar-refractivity contribution in [2.24, 2.45) is 5.92 Å².